The molecule has 0 aromatic heterocycles. The Morgan fingerprint density at radius 3 is 1.83 bits per heavy atom. The van der Waals surface area contributed by atoms with Crippen LogP contribution in [0.3, 0.4) is 0 Å². The zero-order valence-corrected chi connectivity index (χ0v) is 13.4. The monoisotopic (exact) mass is 296 g/mol. The average molecular weight is 296 g/mol. The van der Waals surface area contributed by atoms with E-state index in [0.29, 0.717) is 0 Å². The third-order valence-electron chi connectivity index (χ3n) is 4.75. The molecule has 0 bridgehead atoms. The lowest BCUT2D eigenvalue weighted by Crippen LogP contribution is -1.76. The summed E-state index contributed by atoms with van der Waals surface area (Å²) in [4.78, 5) is 0. The second-order valence-corrected chi connectivity index (χ2v) is 6.23. The van der Waals surface area contributed by atoms with Gasteiger partial charge in [0.2, 0.25) is 0 Å². The van der Waals surface area contributed by atoms with E-state index >= 15 is 0 Å². The molecule has 112 valence electrons. The molecule has 0 saturated carbocycles. The summed E-state index contributed by atoms with van der Waals surface area (Å²) in [7, 11) is 0. The Morgan fingerprint density at radius 2 is 1.13 bits per heavy atom. The van der Waals surface area contributed by atoms with Gasteiger partial charge in [-0.15, -0.1) is 0 Å². The number of benzene rings is 4. The molecule has 0 aliphatic heterocycles. The molecule has 4 aromatic rings. The summed E-state index contributed by atoms with van der Waals surface area (Å²) in [6.45, 7) is 2.14. The molecule has 0 heteroatoms. The molecule has 5 rings (SSSR count). The zero-order valence-electron chi connectivity index (χ0n) is 13.4. The zero-order chi connectivity index (χ0) is 15.6. The van der Waals surface area contributed by atoms with Gasteiger partial charge < -0.3 is 0 Å². The highest BCUT2D eigenvalue weighted by atomic mass is 14.2. The van der Waals surface area contributed by atoms with E-state index in [2.05, 4.69) is 85.8 Å². The highest BCUT2D eigenvalue weighted by Gasteiger charge is 2.11. The van der Waals surface area contributed by atoms with Crippen LogP contribution in [-0.4, -0.2) is 0 Å². The van der Waals surface area contributed by atoms with Crippen LogP contribution in [0.5, 0.6) is 0 Å². The van der Waals surface area contributed by atoms with Gasteiger partial charge in [-0.25, -0.2) is 0 Å². The normalized spacial score (nSPS) is 12.2. The van der Waals surface area contributed by atoms with E-state index in [0.717, 1.165) is 0 Å². The predicted octanol–water partition coefficient (Wildman–Crippen LogP) is 6.09. The third kappa shape index (κ3) is 2.61. The minimum Gasteiger partial charge on any atom is -0.0616 e. The Kier molecular flexibility index (Phi) is 3.59. The summed E-state index contributed by atoms with van der Waals surface area (Å²) in [5, 5.41) is 5.60. The van der Waals surface area contributed by atoms with Crippen LogP contribution in [0, 0.1) is 6.92 Å². The number of rotatable bonds is 0. The first-order chi connectivity index (χ1) is 11.3. The topological polar surface area (TPSA) is 0 Å². The lowest BCUT2D eigenvalue weighted by Gasteiger charge is -1.99. The lowest BCUT2D eigenvalue weighted by molar-refractivity contribution is 1.02. The molecule has 0 fully saturated rings. The van der Waals surface area contributed by atoms with Crippen molar-refractivity contribution in [2.75, 3.05) is 0 Å². The lowest BCUT2D eigenvalue weighted by atomic mass is 10.1. The highest BCUT2D eigenvalue weighted by molar-refractivity contribution is 5.90. The molecule has 1 aliphatic rings. The highest BCUT2D eigenvalue weighted by Crippen LogP contribution is 2.29. The molecule has 0 N–H and O–H groups in total. The van der Waals surface area contributed by atoms with E-state index in [1.165, 1.54) is 51.1 Å². The summed E-state index contributed by atoms with van der Waals surface area (Å²) >= 11 is 0. The summed E-state index contributed by atoms with van der Waals surface area (Å²) in [5.41, 5.74) is 4.41. The minimum absolute atomic E-state index is 1.23. The minimum atomic E-state index is 1.23. The largest absolute Gasteiger partial charge is 0.0616 e. The molecule has 1 aliphatic carbocycles. The van der Waals surface area contributed by atoms with Gasteiger partial charge in [0.25, 0.3) is 0 Å². The fraction of sp³-hybridized carbons (Fsp3) is 0.130. The van der Waals surface area contributed by atoms with Crippen molar-refractivity contribution in [1.82, 2.24) is 0 Å². The van der Waals surface area contributed by atoms with Crippen molar-refractivity contribution in [3.05, 3.63) is 95.6 Å². The van der Waals surface area contributed by atoms with Crippen molar-refractivity contribution >= 4 is 21.5 Å². The Bertz CT molecular complexity index is 935. The maximum atomic E-state index is 2.25. The number of hydrogen-bond acceptors (Lipinski definition) is 0. The van der Waals surface area contributed by atoms with Crippen molar-refractivity contribution in [2.24, 2.45) is 0 Å². The predicted molar refractivity (Wildman–Crippen MR) is 100 cm³/mol. The van der Waals surface area contributed by atoms with E-state index < -0.39 is 0 Å². The summed E-state index contributed by atoms with van der Waals surface area (Å²) < 4.78 is 0. The van der Waals surface area contributed by atoms with Crippen LogP contribution in [0.25, 0.3) is 21.5 Å². The molecule has 0 spiro atoms. The Balaban J connectivity index is 0.000000118. The summed E-state index contributed by atoms with van der Waals surface area (Å²) in [6.07, 6.45) is 2.47. The Morgan fingerprint density at radius 1 is 0.565 bits per heavy atom. The van der Waals surface area contributed by atoms with Gasteiger partial charge in [-0.3, -0.25) is 0 Å². The Labute approximate surface area is 137 Å². The quantitative estimate of drug-likeness (QED) is 0.368. The molecule has 0 heterocycles. The molecular weight excluding hydrogens is 276 g/mol. The molecule has 4 aromatic carbocycles. The van der Waals surface area contributed by atoms with Gasteiger partial charge in [-0.2, -0.15) is 0 Å². The van der Waals surface area contributed by atoms with Crippen LogP contribution in [-0.2, 0) is 12.8 Å². The van der Waals surface area contributed by atoms with Crippen LogP contribution in [0.4, 0.5) is 0 Å². The molecular formula is C23H20. The van der Waals surface area contributed by atoms with Gasteiger partial charge in [-0.05, 0) is 58.0 Å². The maximum absolute atomic E-state index is 2.25. The van der Waals surface area contributed by atoms with Gasteiger partial charge in [0.15, 0.2) is 0 Å². The van der Waals surface area contributed by atoms with Crippen LogP contribution >= 0.6 is 0 Å². The number of hydrogen-bond donors (Lipinski definition) is 0. The van der Waals surface area contributed by atoms with Crippen molar-refractivity contribution in [2.45, 2.75) is 19.8 Å². The van der Waals surface area contributed by atoms with Crippen LogP contribution in [0.1, 0.15) is 16.7 Å². The third-order valence-corrected chi connectivity index (χ3v) is 4.75. The number of fused-ring (bicyclic) bond motifs is 1. The first-order valence-corrected chi connectivity index (χ1v) is 8.27. The maximum Gasteiger partial charge on any atom is -0.0120 e. The van der Waals surface area contributed by atoms with Crippen LogP contribution < -0.4 is 0 Å². The Hall–Kier alpha value is -2.60. The molecule has 0 amide bonds. The van der Waals surface area contributed by atoms with Gasteiger partial charge in [-0.1, -0.05) is 78.9 Å². The van der Waals surface area contributed by atoms with Crippen molar-refractivity contribution in [1.29, 1.82) is 0 Å². The number of aryl methyl sites for hydroxylation is 3. The van der Waals surface area contributed by atoms with Crippen LogP contribution in [0.15, 0.2) is 78.9 Å². The van der Waals surface area contributed by atoms with Crippen molar-refractivity contribution in [3.8, 4) is 0 Å². The van der Waals surface area contributed by atoms with E-state index in [1.807, 2.05) is 0 Å². The second-order valence-electron chi connectivity index (χ2n) is 6.23. The molecule has 0 atom stereocenters. The summed E-state index contributed by atoms with van der Waals surface area (Å²) in [6, 6.07) is 28.0. The molecule has 0 nitrogen and oxygen atoms in total. The van der Waals surface area contributed by atoms with Crippen molar-refractivity contribution < 1.29 is 0 Å². The summed E-state index contributed by atoms with van der Waals surface area (Å²) in [5.74, 6) is 0. The second kappa shape index (κ2) is 5.89. The molecule has 0 saturated heterocycles. The standard InChI is InChI=1S/C12H10.C11H10/c1-3-9-4-2-6-11-8-7-10(5-1)12(9)11;1-9-5-4-7-10-6-2-3-8-11(9)10/h1-6H,7-8H2;2-8H,1H3. The smallest absolute Gasteiger partial charge is 0.0120 e. The van der Waals surface area contributed by atoms with Gasteiger partial charge in [0.05, 0.1) is 0 Å². The fourth-order valence-electron chi connectivity index (χ4n) is 3.58. The van der Waals surface area contributed by atoms with E-state index in [4.69, 9.17) is 0 Å². The first-order valence-electron chi connectivity index (χ1n) is 8.27. The van der Waals surface area contributed by atoms with E-state index in [1.54, 1.807) is 0 Å². The SMILES string of the molecule is Cc1cccc2ccccc12.c1cc2c3c(cccc3c1)CC2. The molecule has 23 heavy (non-hydrogen) atoms. The van der Waals surface area contributed by atoms with E-state index in [9.17, 15) is 0 Å². The fourth-order valence-corrected chi connectivity index (χ4v) is 3.58. The van der Waals surface area contributed by atoms with Crippen LogP contribution in [0.2, 0.25) is 0 Å². The van der Waals surface area contributed by atoms with E-state index in [-0.39, 0.29) is 0 Å². The van der Waals surface area contributed by atoms with Gasteiger partial charge >= 0.3 is 0 Å². The first kappa shape index (κ1) is 14.0. The molecule has 0 unspecified atom stereocenters. The average Bonchev–Trinajstić information content (AvgIpc) is 3.02. The van der Waals surface area contributed by atoms with Crippen molar-refractivity contribution in [3.63, 3.8) is 0 Å². The van der Waals surface area contributed by atoms with Gasteiger partial charge in [0.1, 0.15) is 0 Å². The molecule has 0 radical (unpaired) electrons. The van der Waals surface area contributed by atoms with Gasteiger partial charge in [0, 0.05) is 0 Å².